The average molecular weight is 351 g/mol. The molecule has 2 aromatic heterocycles. The molecule has 0 amide bonds. The molecule has 7 nitrogen and oxygen atoms in total. The lowest BCUT2D eigenvalue weighted by Gasteiger charge is -2.30. The molecule has 0 radical (unpaired) electrons. The fourth-order valence-corrected chi connectivity index (χ4v) is 3.64. The summed E-state index contributed by atoms with van der Waals surface area (Å²) in [4.78, 5) is 15.4. The molecule has 2 aromatic rings. The van der Waals surface area contributed by atoms with Gasteiger partial charge in [-0.2, -0.15) is 4.98 Å². The molecular weight excluding hydrogens is 328 g/mol. The molecule has 1 saturated heterocycles. The molecule has 4 rings (SSSR count). The molecule has 24 heavy (non-hydrogen) atoms. The first-order valence-electron chi connectivity index (χ1n) is 8.38. The molecule has 1 aliphatic heterocycles. The number of hydrogen-bond acceptors (Lipinski definition) is 7. The number of nitrogens with two attached hydrogens (primary N) is 1. The molecule has 0 unspecified atom stereocenters. The van der Waals surface area contributed by atoms with Crippen LogP contribution in [-0.2, 0) is 5.54 Å². The predicted molar refractivity (Wildman–Crippen MR) is 92.1 cm³/mol. The Morgan fingerprint density at radius 3 is 2.58 bits per heavy atom. The van der Waals surface area contributed by atoms with Gasteiger partial charge in [0.15, 0.2) is 5.82 Å². The lowest BCUT2D eigenvalue weighted by atomic mass is 9.96. The molecule has 2 fully saturated rings. The van der Waals surface area contributed by atoms with Crippen LogP contribution in [-0.4, -0.2) is 33.2 Å². The first-order valence-corrected chi connectivity index (χ1v) is 8.38. The standard InChI is InChI=1S/C16H22N6O.ClH/c17-16(5-1-2-6-16)15-20-14(23-21-15)12-3-9-22(10-4-12)13-11-18-7-8-19-13;/h7-8,11-12H,1-6,9-10,17H2;1H. The van der Waals surface area contributed by atoms with Crippen molar-refractivity contribution in [3.8, 4) is 0 Å². The number of aromatic nitrogens is 4. The maximum atomic E-state index is 6.41. The molecule has 3 heterocycles. The first kappa shape index (κ1) is 17.1. The van der Waals surface area contributed by atoms with Crippen molar-refractivity contribution >= 4 is 18.2 Å². The van der Waals surface area contributed by atoms with E-state index in [0.717, 1.165) is 63.3 Å². The highest BCUT2D eigenvalue weighted by molar-refractivity contribution is 5.85. The Kier molecular flexibility index (Phi) is 5.01. The van der Waals surface area contributed by atoms with E-state index in [1.54, 1.807) is 12.4 Å². The van der Waals surface area contributed by atoms with Gasteiger partial charge in [-0.3, -0.25) is 4.98 Å². The fourth-order valence-electron chi connectivity index (χ4n) is 3.64. The third kappa shape index (κ3) is 3.23. The van der Waals surface area contributed by atoms with Gasteiger partial charge in [-0.05, 0) is 25.7 Å². The maximum Gasteiger partial charge on any atom is 0.229 e. The highest BCUT2D eigenvalue weighted by Gasteiger charge is 2.37. The van der Waals surface area contributed by atoms with Crippen LogP contribution in [0.25, 0.3) is 0 Å². The van der Waals surface area contributed by atoms with Gasteiger partial charge in [0, 0.05) is 31.4 Å². The second-order valence-electron chi connectivity index (χ2n) is 6.64. The van der Waals surface area contributed by atoms with E-state index >= 15 is 0 Å². The van der Waals surface area contributed by atoms with Gasteiger partial charge in [-0.15, -0.1) is 12.4 Å². The third-order valence-electron chi connectivity index (χ3n) is 5.10. The average Bonchev–Trinajstić information content (AvgIpc) is 3.26. The quantitative estimate of drug-likeness (QED) is 0.908. The highest BCUT2D eigenvalue weighted by atomic mass is 35.5. The zero-order valence-electron chi connectivity index (χ0n) is 13.6. The van der Waals surface area contributed by atoms with Crippen LogP contribution in [0.3, 0.4) is 0 Å². The first-order chi connectivity index (χ1) is 11.2. The summed E-state index contributed by atoms with van der Waals surface area (Å²) >= 11 is 0. The second-order valence-corrected chi connectivity index (χ2v) is 6.64. The van der Waals surface area contributed by atoms with Gasteiger partial charge in [0.25, 0.3) is 0 Å². The van der Waals surface area contributed by atoms with Gasteiger partial charge in [-0.25, -0.2) is 4.98 Å². The number of halogens is 1. The largest absolute Gasteiger partial charge is 0.355 e. The third-order valence-corrected chi connectivity index (χ3v) is 5.10. The Labute approximate surface area is 147 Å². The summed E-state index contributed by atoms with van der Waals surface area (Å²) in [5.74, 6) is 2.69. The number of anilines is 1. The minimum atomic E-state index is -0.373. The Morgan fingerprint density at radius 1 is 1.17 bits per heavy atom. The molecule has 8 heteroatoms. The fraction of sp³-hybridized carbons (Fsp3) is 0.625. The normalized spacial score (nSPS) is 20.8. The highest BCUT2D eigenvalue weighted by Crippen LogP contribution is 2.36. The smallest absolute Gasteiger partial charge is 0.229 e. The van der Waals surface area contributed by atoms with E-state index in [9.17, 15) is 0 Å². The molecule has 0 bridgehead atoms. The van der Waals surface area contributed by atoms with Gasteiger partial charge in [0.1, 0.15) is 5.82 Å². The van der Waals surface area contributed by atoms with E-state index in [-0.39, 0.29) is 17.9 Å². The van der Waals surface area contributed by atoms with E-state index in [2.05, 4.69) is 25.0 Å². The molecule has 0 atom stereocenters. The molecule has 0 aromatic carbocycles. The molecule has 2 aliphatic rings. The van der Waals surface area contributed by atoms with E-state index in [0.29, 0.717) is 11.7 Å². The Balaban J connectivity index is 0.00000169. The van der Waals surface area contributed by atoms with E-state index in [4.69, 9.17) is 10.3 Å². The number of piperidine rings is 1. The Hall–Kier alpha value is -1.73. The van der Waals surface area contributed by atoms with E-state index in [1.165, 1.54) is 0 Å². The minimum absolute atomic E-state index is 0. The predicted octanol–water partition coefficient (Wildman–Crippen LogP) is 2.39. The molecule has 0 spiro atoms. The second kappa shape index (κ2) is 7.03. The summed E-state index contributed by atoms with van der Waals surface area (Å²) in [6, 6.07) is 0. The zero-order chi connectivity index (χ0) is 15.7. The van der Waals surface area contributed by atoms with E-state index in [1.807, 2.05) is 6.20 Å². The Bertz CT molecular complexity index is 650. The minimum Gasteiger partial charge on any atom is -0.355 e. The van der Waals surface area contributed by atoms with Crippen molar-refractivity contribution in [2.45, 2.75) is 50.0 Å². The van der Waals surface area contributed by atoms with Gasteiger partial charge in [0.05, 0.1) is 11.7 Å². The molecule has 1 aliphatic carbocycles. The van der Waals surface area contributed by atoms with Crippen LogP contribution in [0.2, 0.25) is 0 Å². The van der Waals surface area contributed by atoms with Crippen molar-refractivity contribution in [2.75, 3.05) is 18.0 Å². The van der Waals surface area contributed by atoms with Crippen molar-refractivity contribution in [1.82, 2.24) is 20.1 Å². The van der Waals surface area contributed by atoms with Gasteiger partial charge in [0.2, 0.25) is 5.89 Å². The maximum absolute atomic E-state index is 6.41. The monoisotopic (exact) mass is 350 g/mol. The van der Waals surface area contributed by atoms with Crippen LogP contribution in [0.4, 0.5) is 5.82 Å². The summed E-state index contributed by atoms with van der Waals surface area (Å²) < 4.78 is 5.54. The van der Waals surface area contributed by atoms with Crippen LogP contribution >= 0.6 is 12.4 Å². The number of hydrogen-bond donors (Lipinski definition) is 1. The lowest BCUT2D eigenvalue weighted by molar-refractivity contribution is 0.317. The summed E-state index contributed by atoms with van der Waals surface area (Å²) in [5, 5.41) is 4.18. The van der Waals surface area contributed by atoms with Gasteiger partial charge < -0.3 is 15.2 Å². The molecule has 1 saturated carbocycles. The summed E-state index contributed by atoms with van der Waals surface area (Å²) in [7, 11) is 0. The van der Waals surface area contributed by atoms with Crippen molar-refractivity contribution < 1.29 is 4.52 Å². The van der Waals surface area contributed by atoms with Gasteiger partial charge >= 0.3 is 0 Å². The van der Waals surface area contributed by atoms with Crippen LogP contribution in [0, 0.1) is 0 Å². The number of rotatable bonds is 3. The van der Waals surface area contributed by atoms with Crippen molar-refractivity contribution in [3.63, 3.8) is 0 Å². The molecule has 2 N–H and O–H groups in total. The van der Waals surface area contributed by atoms with Crippen LogP contribution in [0.15, 0.2) is 23.1 Å². The number of nitrogens with zero attached hydrogens (tertiary/aromatic N) is 5. The van der Waals surface area contributed by atoms with Crippen molar-refractivity contribution in [2.24, 2.45) is 5.73 Å². The topological polar surface area (TPSA) is 94.0 Å². The van der Waals surface area contributed by atoms with Crippen LogP contribution in [0.1, 0.15) is 56.2 Å². The lowest BCUT2D eigenvalue weighted by Crippen LogP contribution is -2.35. The van der Waals surface area contributed by atoms with Crippen molar-refractivity contribution in [1.29, 1.82) is 0 Å². The summed E-state index contributed by atoms with van der Waals surface area (Å²) in [6.07, 6.45) is 11.4. The van der Waals surface area contributed by atoms with Crippen LogP contribution in [0.5, 0.6) is 0 Å². The molecule has 130 valence electrons. The van der Waals surface area contributed by atoms with Crippen LogP contribution < -0.4 is 10.6 Å². The summed E-state index contributed by atoms with van der Waals surface area (Å²) in [6.45, 7) is 1.85. The summed E-state index contributed by atoms with van der Waals surface area (Å²) in [5.41, 5.74) is 6.04. The van der Waals surface area contributed by atoms with Gasteiger partial charge in [-0.1, -0.05) is 18.0 Å². The SMILES string of the molecule is Cl.NC1(c2noc(C3CCN(c4cnccn4)CC3)n2)CCCC1. The Morgan fingerprint density at radius 2 is 1.92 bits per heavy atom. The zero-order valence-corrected chi connectivity index (χ0v) is 14.4. The van der Waals surface area contributed by atoms with E-state index < -0.39 is 0 Å². The van der Waals surface area contributed by atoms with Crippen molar-refractivity contribution in [3.05, 3.63) is 30.3 Å². The molecular formula is C16H23ClN6O.